The van der Waals surface area contributed by atoms with Crippen LogP contribution in [0.4, 0.5) is 43.4 Å². The van der Waals surface area contributed by atoms with Crippen LogP contribution in [0.1, 0.15) is 110 Å². The molecule has 9 aromatic heterocycles. The fourth-order valence-corrected chi connectivity index (χ4v) is 18.5. The monoisotopic (exact) mass is 2020 g/mol. The number of nitriles is 3. The molecule has 135 heavy (non-hydrogen) atoms. The van der Waals surface area contributed by atoms with Crippen LogP contribution in [-0.2, 0) is 14.4 Å². The molecule has 3 aliphatic rings. The van der Waals surface area contributed by atoms with E-state index in [4.69, 9.17) is 114 Å². The van der Waals surface area contributed by atoms with Crippen LogP contribution in [0.15, 0.2) is 107 Å². The van der Waals surface area contributed by atoms with E-state index in [1.54, 1.807) is 71.0 Å². The van der Waals surface area contributed by atoms with Gasteiger partial charge < -0.3 is 44.7 Å². The number of amides is 3. The number of carbonyl (C=O) groups is 3. The first-order chi connectivity index (χ1) is 64.0. The van der Waals surface area contributed by atoms with Crippen molar-refractivity contribution >= 4 is 172 Å². The maximum atomic E-state index is 15.6. The lowest BCUT2D eigenvalue weighted by atomic mass is 10.0. The van der Waals surface area contributed by atoms with E-state index in [1.165, 1.54) is 51.8 Å². The highest BCUT2D eigenvalue weighted by molar-refractivity contribution is 6.47. The van der Waals surface area contributed by atoms with Gasteiger partial charge in [0.25, 0.3) is 16.7 Å². The number of nitrogens with zero attached hydrogens (tertiary/aromatic N) is 18. The molecule has 3 N–H and O–H groups in total. The molecule has 3 saturated heterocycles. The Hall–Kier alpha value is -12.7. The smallest absolute Gasteiger partial charge is 0.276 e. The SMILES string of the molecule is C=CC(=O)N1CCN(c2c(C#N)c(=O)n(-c3c(C)ccnc3C(C)C)c3nc(-c4c(F)c(Cl)c(Cl)c(O)c4Cl)c(Cl)cc23)CC1.C=CC(=O)N1CCN(c2c(C#N)c(=O)n(-c3c(C)ccnc3C(C)C)c3nc(-c4c(F)c(Cl)c(Cl)c(O)c4Cl)c(Cl)cc23)CC1.C=CC(=O)N1CCN(c2c(C#N)c(=O)n(-c3c(C)ccnc3C(C)C)c3nc(-c4c(O)c(F)c(F)c(F)c4F)c(Cl)cc23)CC1. The number of aromatic nitrogens is 9. The summed E-state index contributed by atoms with van der Waals surface area (Å²) >= 11 is 56.9. The number of piperazine rings is 3. The van der Waals surface area contributed by atoms with Gasteiger partial charge in [0.05, 0.1) is 120 Å². The quantitative estimate of drug-likeness (QED) is 0.0371. The lowest BCUT2D eigenvalue weighted by Gasteiger charge is -2.36. The van der Waals surface area contributed by atoms with Crippen LogP contribution in [0.2, 0.25) is 45.2 Å². The van der Waals surface area contributed by atoms with Crippen LogP contribution in [0.5, 0.6) is 17.2 Å². The minimum Gasteiger partial charge on any atom is -0.505 e. The Labute approximate surface area is 810 Å². The summed E-state index contributed by atoms with van der Waals surface area (Å²) in [5.41, 5.74) is -1.01. The minimum absolute atomic E-state index is 0.0250. The summed E-state index contributed by atoms with van der Waals surface area (Å²) in [6, 6.07) is 15.3. The Balaban J connectivity index is 0.000000171. The lowest BCUT2D eigenvalue weighted by Crippen LogP contribution is -2.49. The molecule has 27 nitrogen and oxygen atoms in total. The third-order valence-electron chi connectivity index (χ3n) is 23.0. The van der Waals surface area contributed by atoms with E-state index in [1.807, 2.05) is 57.4 Å². The van der Waals surface area contributed by atoms with Gasteiger partial charge in [0.15, 0.2) is 40.5 Å². The van der Waals surface area contributed by atoms with Gasteiger partial charge in [-0.25, -0.2) is 36.9 Å². The normalized spacial score (nSPS) is 13.4. The first kappa shape index (κ1) is 99.7. The minimum atomic E-state index is -2.23. The Morgan fingerprint density at radius 1 is 0.378 bits per heavy atom. The number of phenols is 3. The molecule has 15 rings (SSSR count). The second-order valence-electron chi connectivity index (χ2n) is 32.0. The summed E-state index contributed by atoms with van der Waals surface area (Å²) in [6.07, 6.45) is 8.41. The van der Waals surface area contributed by atoms with Crippen molar-refractivity contribution in [2.75, 3.05) is 93.2 Å². The highest BCUT2D eigenvalue weighted by Gasteiger charge is 2.39. The predicted molar refractivity (Wildman–Crippen MR) is 509 cm³/mol. The van der Waals surface area contributed by atoms with Crippen LogP contribution in [-0.4, -0.2) is 170 Å². The zero-order chi connectivity index (χ0) is 98.7. The molecule has 0 saturated carbocycles. The van der Waals surface area contributed by atoms with E-state index in [2.05, 4.69) is 51.8 Å². The number of hydrogen-bond donors (Lipinski definition) is 3. The van der Waals surface area contributed by atoms with Crippen molar-refractivity contribution in [1.29, 1.82) is 15.8 Å². The molecular formula is C93H75Cl9F6N18O9. The molecule has 3 aromatic carbocycles. The van der Waals surface area contributed by atoms with Gasteiger partial charge in [0, 0.05) is 113 Å². The summed E-state index contributed by atoms with van der Waals surface area (Å²) in [5.74, 6) is -14.8. The number of benzene rings is 3. The van der Waals surface area contributed by atoms with Crippen LogP contribution in [0, 0.1) is 89.7 Å². The summed E-state index contributed by atoms with van der Waals surface area (Å²) in [4.78, 5) is 117. The number of fused-ring (bicyclic) bond motifs is 3. The second-order valence-corrected chi connectivity index (χ2v) is 35.5. The zero-order valence-electron chi connectivity index (χ0n) is 72.8. The first-order valence-electron chi connectivity index (χ1n) is 41.1. The van der Waals surface area contributed by atoms with Crippen LogP contribution in [0.25, 0.3) is 83.9 Å². The van der Waals surface area contributed by atoms with E-state index < -0.39 is 126 Å². The fraction of sp³-hybridized carbons (Fsp3) is 0.258. The van der Waals surface area contributed by atoms with E-state index in [-0.39, 0.29) is 171 Å². The Bertz CT molecular complexity index is 6650. The predicted octanol–water partition coefficient (Wildman–Crippen LogP) is 19.6. The van der Waals surface area contributed by atoms with Crippen molar-refractivity contribution < 1.29 is 56.0 Å². The molecule has 12 heterocycles. The fourth-order valence-electron chi connectivity index (χ4n) is 16.4. The van der Waals surface area contributed by atoms with E-state index in [9.17, 15) is 73.0 Å². The van der Waals surface area contributed by atoms with Crippen molar-refractivity contribution in [3.8, 4) is 86.3 Å². The molecule has 0 aliphatic carbocycles. The highest BCUT2D eigenvalue weighted by atomic mass is 35.5. The van der Waals surface area contributed by atoms with Gasteiger partial charge in [-0.2, -0.15) is 20.2 Å². The summed E-state index contributed by atoms with van der Waals surface area (Å²) in [6.45, 7) is 30.4. The summed E-state index contributed by atoms with van der Waals surface area (Å²) in [7, 11) is 0. The Kier molecular flexibility index (Phi) is 29.6. The number of pyridine rings is 9. The van der Waals surface area contributed by atoms with Gasteiger partial charge >= 0.3 is 0 Å². The van der Waals surface area contributed by atoms with Crippen molar-refractivity contribution in [2.24, 2.45) is 0 Å². The second kappa shape index (κ2) is 40.1. The number of aryl methyl sites for hydroxylation is 3. The number of hydrogen-bond acceptors (Lipinski definition) is 21. The number of rotatable bonds is 15. The maximum absolute atomic E-state index is 15.6. The zero-order valence-corrected chi connectivity index (χ0v) is 79.6. The molecule has 0 spiro atoms. The molecule has 3 aliphatic heterocycles. The largest absolute Gasteiger partial charge is 0.505 e. The number of carbonyl (C=O) groups excluding carboxylic acids is 3. The molecule has 12 aromatic rings. The van der Waals surface area contributed by atoms with Gasteiger partial charge in [0.1, 0.15) is 61.9 Å². The van der Waals surface area contributed by atoms with Crippen molar-refractivity contribution in [3.63, 3.8) is 0 Å². The van der Waals surface area contributed by atoms with E-state index in [0.29, 0.717) is 82.1 Å². The third kappa shape index (κ3) is 17.8. The van der Waals surface area contributed by atoms with Crippen molar-refractivity contribution in [1.82, 2.24) is 58.3 Å². The Morgan fingerprint density at radius 2 is 0.637 bits per heavy atom. The van der Waals surface area contributed by atoms with Gasteiger partial charge in [-0.15, -0.1) is 0 Å². The lowest BCUT2D eigenvalue weighted by molar-refractivity contribution is -0.127. The highest BCUT2D eigenvalue weighted by Crippen LogP contribution is 2.52. The van der Waals surface area contributed by atoms with Crippen molar-refractivity contribution in [3.05, 3.63) is 255 Å². The number of halogens is 15. The summed E-state index contributed by atoms with van der Waals surface area (Å²) < 4.78 is 92.8. The van der Waals surface area contributed by atoms with Gasteiger partial charge in [-0.05, 0) is 110 Å². The molecule has 0 bridgehead atoms. The Morgan fingerprint density at radius 3 is 0.889 bits per heavy atom. The maximum Gasteiger partial charge on any atom is 0.276 e. The number of aromatic hydroxyl groups is 3. The van der Waals surface area contributed by atoms with Gasteiger partial charge in [0.2, 0.25) is 29.4 Å². The van der Waals surface area contributed by atoms with Crippen LogP contribution < -0.4 is 31.4 Å². The average molecular weight is 2020 g/mol. The molecule has 0 atom stereocenters. The van der Waals surface area contributed by atoms with E-state index >= 15 is 13.2 Å². The topological polar surface area (TPSA) is 346 Å². The summed E-state index contributed by atoms with van der Waals surface area (Å²) in [5, 5.41) is 59.4. The van der Waals surface area contributed by atoms with Gasteiger partial charge in [-0.1, -0.05) is 166 Å². The van der Waals surface area contributed by atoms with Crippen molar-refractivity contribution in [2.45, 2.75) is 80.1 Å². The van der Waals surface area contributed by atoms with Crippen LogP contribution >= 0.6 is 104 Å². The molecule has 3 fully saturated rings. The number of phenolic OH excluding ortho intramolecular Hbond substituents is 3. The van der Waals surface area contributed by atoms with E-state index in [0.717, 1.165) is 4.57 Å². The average Bonchev–Trinajstić information content (AvgIpc) is 0.728. The van der Waals surface area contributed by atoms with Gasteiger partial charge in [-0.3, -0.25) is 57.4 Å². The number of anilines is 3. The first-order valence-corrected chi connectivity index (χ1v) is 44.5. The van der Waals surface area contributed by atoms with Crippen LogP contribution in [0.3, 0.4) is 0 Å². The molecule has 3 amide bonds. The molecule has 0 unspecified atom stereocenters. The molecular weight excluding hydrogens is 1950 g/mol. The standard InChI is InChI=1S/2C31H25Cl4FN6O3.C31H25ClF4N6O3/c2*1-5-19(43)40-8-10-41(11-9-40)28-16-12-18(32)26(20-21(33)29(44)23(35)22(34)24(20)36)39-30(16)42(31(45)17(28)13-37)27-15(4)6-7-38-25(27)14(2)3;1-5-19(43)40-8-10-41(11-9-40)28-16-12-18(32)26(20-21(33)22(34)23(35)24(36)29(20)44)39-30(16)42(31(45)17(28)13-37)27-15(4)6-7-38-25(27)14(2)3/h3*5-7,12,14,44H,1,8-11H2,2-4H3. The molecule has 42 heteroatoms. The third-order valence-corrected chi connectivity index (χ3v) is 26.3. The molecule has 696 valence electrons. The molecule has 0 radical (unpaired) electrons.